The van der Waals surface area contributed by atoms with E-state index in [1.54, 1.807) is 6.07 Å². The number of nitrogens with zero attached hydrogens (tertiary/aromatic N) is 4. The van der Waals surface area contributed by atoms with E-state index in [2.05, 4.69) is 15.5 Å². The number of carbonyl (C=O) groups excluding carboxylic acids is 1. The Balaban J connectivity index is 1.99. The van der Waals surface area contributed by atoms with Crippen molar-refractivity contribution in [1.82, 2.24) is 14.9 Å². The fourth-order valence-corrected chi connectivity index (χ4v) is 2.38. The van der Waals surface area contributed by atoms with Crippen LogP contribution in [0.1, 0.15) is 12.7 Å². The molecule has 0 saturated heterocycles. The molecule has 0 aliphatic carbocycles. The summed E-state index contributed by atoms with van der Waals surface area (Å²) >= 11 is 1.11. The summed E-state index contributed by atoms with van der Waals surface area (Å²) in [4.78, 5) is 22.2. The molecule has 0 atom stereocenters. The van der Waals surface area contributed by atoms with E-state index >= 15 is 0 Å². The number of aryl methyl sites for hydroxylation is 1. The van der Waals surface area contributed by atoms with Gasteiger partial charge < -0.3 is 11.2 Å². The van der Waals surface area contributed by atoms with E-state index in [0.29, 0.717) is 17.4 Å². The third-order valence-corrected chi connectivity index (χ3v) is 3.70. The number of amides is 1. The van der Waals surface area contributed by atoms with Gasteiger partial charge in [0.2, 0.25) is 11.1 Å². The van der Waals surface area contributed by atoms with Crippen molar-refractivity contribution in [3.63, 3.8) is 0 Å². The number of rotatable bonds is 6. The lowest BCUT2D eigenvalue weighted by molar-refractivity contribution is -0.383. The molecule has 116 valence electrons. The van der Waals surface area contributed by atoms with Crippen molar-refractivity contribution in [3.05, 3.63) is 40.2 Å². The lowest BCUT2D eigenvalue weighted by atomic mass is 10.2. The average Bonchev–Trinajstić information content (AvgIpc) is 2.85. The van der Waals surface area contributed by atoms with Crippen molar-refractivity contribution < 1.29 is 9.72 Å². The zero-order valence-electron chi connectivity index (χ0n) is 11.7. The third kappa shape index (κ3) is 3.52. The van der Waals surface area contributed by atoms with Gasteiger partial charge in [-0.05, 0) is 6.07 Å². The van der Waals surface area contributed by atoms with Gasteiger partial charge in [0.25, 0.3) is 5.69 Å². The number of nitrogens with two attached hydrogens (primary N) is 1. The molecule has 0 radical (unpaired) electrons. The second-order valence-electron chi connectivity index (χ2n) is 4.23. The first-order valence-corrected chi connectivity index (χ1v) is 7.37. The molecule has 3 N–H and O–H groups in total. The summed E-state index contributed by atoms with van der Waals surface area (Å²) in [6.45, 7) is 1.89. The van der Waals surface area contributed by atoms with Crippen LogP contribution in [0, 0.1) is 10.1 Å². The van der Waals surface area contributed by atoms with Gasteiger partial charge in [0.05, 0.1) is 10.7 Å². The number of nitro benzene ring substituents is 1. The number of nitrogens with one attached hydrogen (secondary N) is 1. The molecule has 1 aromatic carbocycles. The van der Waals surface area contributed by atoms with Gasteiger partial charge in [-0.3, -0.25) is 14.9 Å². The Morgan fingerprint density at radius 2 is 2.18 bits per heavy atom. The molecule has 0 aliphatic heterocycles. The average molecular weight is 322 g/mol. The van der Waals surface area contributed by atoms with E-state index in [1.165, 1.54) is 22.9 Å². The van der Waals surface area contributed by atoms with Crippen LogP contribution in [0.25, 0.3) is 0 Å². The monoisotopic (exact) mass is 322 g/mol. The zero-order valence-corrected chi connectivity index (χ0v) is 12.5. The molecule has 1 aromatic heterocycles. The minimum Gasteiger partial charge on any atom is -0.336 e. The van der Waals surface area contributed by atoms with Crippen LogP contribution in [0.2, 0.25) is 0 Å². The molecule has 1 heterocycles. The Bertz CT molecular complexity index is 702. The van der Waals surface area contributed by atoms with Crippen LogP contribution in [0.15, 0.2) is 29.4 Å². The maximum Gasteiger partial charge on any atom is 0.292 e. The second kappa shape index (κ2) is 6.89. The maximum absolute atomic E-state index is 11.9. The van der Waals surface area contributed by atoms with Gasteiger partial charge in [-0.15, -0.1) is 10.2 Å². The van der Waals surface area contributed by atoms with Crippen LogP contribution < -0.4 is 11.2 Å². The first-order valence-electron chi connectivity index (χ1n) is 6.38. The largest absolute Gasteiger partial charge is 0.336 e. The molecule has 0 bridgehead atoms. The summed E-state index contributed by atoms with van der Waals surface area (Å²) in [5, 5.41) is 21.5. The van der Waals surface area contributed by atoms with Crippen molar-refractivity contribution in [1.29, 1.82) is 0 Å². The van der Waals surface area contributed by atoms with Crippen molar-refractivity contribution in [3.8, 4) is 0 Å². The summed E-state index contributed by atoms with van der Waals surface area (Å²) in [7, 11) is 0. The van der Waals surface area contributed by atoms with Gasteiger partial charge in [0.1, 0.15) is 5.69 Å². The molecule has 9 nitrogen and oxygen atoms in total. The normalized spacial score (nSPS) is 10.4. The fraction of sp³-hybridized carbons (Fsp3) is 0.250. The lowest BCUT2D eigenvalue weighted by Gasteiger charge is -2.05. The van der Waals surface area contributed by atoms with Gasteiger partial charge in [-0.25, -0.2) is 4.68 Å². The van der Waals surface area contributed by atoms with Crippen LogP contribution in [-0.4, -0.2) is 31.5 Å². The van der Waals surface area contributed by atoms with Crippen molar-refractivity contribution in [2.45, 2.75) is 18.5 Å². The Morgan fingerprint density at radius 3 is 2.82 bits per heavy atom. The summed E-state index contributed by atoms with van der Waals surface area (Å²) in [5.74, 6) is 6.01. The zero-order chi connectivity index (χ0) is 16.1. The highest BCUT2D eigenvalue weighted by molar-refractivity contribution is 7.99. The first kappa shape index (κ1) is 15.8. The summed E-state index contributed by atoms with van der Waals surface area (Å²) < 4.78 is 1.32. The van der Waals surface area contributed by atoms with Crippen molar-refractivity contribution in [2.24, 2.45) is 0 Å². The number of thioether (sulfide) groups is 1. The molecule has 2 aromatic rings. The van der Waals surface area contributed by atoms with Crippen molar-refractivity contribution >= 4 is 29.0 Å². The summed E-state index contributed by atoms with van der Waals surface area (Å²) in [5.41, 5.74) is -0.00215. The number of para-hydroxylation sites is 2. The first-order chi connectivity index (χ1) is 10.5. The maximum atomic E-state index is 11.9. The molecule has 0 aliphatic rings. The highest BCUT2D eigenvalue weighted by Gasteiger charge is 2.16. The number of carbonyl (C=O) groups is 1. The lowest BCUT2D eigenvalue weighted by Crippen LogP contribution is -2.17. The Morgan fingerprint density at radius 1 is 1.45 bits per heavy atom. The van der Waals surface area contributed by atoms with Crippen LogP contribution in [0.5, 0.6) is 0 Å². The van der Waals surface area contributed by atoms with Crippen LogP contribution in [0.3, 0.4) is 0 Å². The minimum atomic E-state index is -0.549. The topological polar surface area (TPSA) is 129 Å². The van der Waals surface area contributed by atoms with Gasteiger partial charge >= 0.3 is 0 Å². The van der Waals surface area contributed by atoms with Crippen LogP contribution in [0.4, 0.5) is 11.4 Å². The molecule has 22 heavy (non-hydrogen) atoms. The predicted octanol–water partition coefficient (Wildman–Crippen LogP) is 1.19. The van der Waals surface area contributed by atoms with E-state index in [9.17, 15) is 14.9 Å². The SMILES string of the molecule is CCc1nnc(SCC(=O)Nc2ccccc2[N+](=O)[O-])n1N. The van der Waals surface area contributed by atoms with E-state index < -0.39 is 4.92 Å². The predicted molar refractivity (Wildman–Crippen MR) is 82.0 cm³/mol. The van der Waals surface area contributed by atoms with E-state index in [1.807, 2.05) is 6.92 Å². The number of nitrogen functional groups attached to an aromatic ring is 1. The molecule has 2 rings (SSSR count). The Hall–Kier alpha value is -2.62. The van der Waals surface area contributed by atoms with E-state index in [-0.39, 0.29) is 23.0 Å². The quantitative estimate of drug-likeness (QED) is 0.354. The number of benzene rings is 1. The summed E-state index contributed by atoms with van der Waals surface area (Å²) in [6.07, 6.45) is 0.631. The third-order valence-electron chi connectivity index (χ3n) is 2.76. The highest BCUT2D eigenvalue weighted by atomic mass is 32.2. The van der Waals surface area contributed by atoms with Gasteiger partial charge in [-0.1, -0.05) is 30.8 Å². The number of hydrogen-bond donors (Lipinski definition) is 2. The molecule has 0 saturated carbocycles. The molecule has 10 heteroatoms. The minimum absolute atomic E-state index is 0.0189. The number of nitro groups is 1. The summed E-state index contributed by atoms with van der Waals surface area (Å²) in [6, 6.07) is 5.94. The number of hydrogen-bond acceptors (Lipinski definition) is 7. The highest BCUT2D eigenvalue weighted by Crippen LogP contribution is 2.23. The van der Waals surface area contributed by atoms with Gasteiger partial charge in [0, 0.05) is 12.5 Å². The smallest absolute Gasteiger partial charge is 0.292 e. The van der Waals surface area contributed by atoms with E-state index in [4.69, 9.17) is 5.84 Å². The van der Waals surface area contributed by atoms with Gasteiger partial charge in [0.15, 0.2) is 5.82 Å². The molecule has 0 unspecified atom stereocenters. The Labute approximate surface area is 130 Å². The fourth-order valence-electron chi connectivity index (χ4n) is 1.70. The van der Waals surface area contributed by atoms with E-state index in [0.717, 1.165) is 11.8 Å². The molecular weight excluding hydrogens is 308 g/mol. The van der Waals surface area contributed by atoms with Gasteiger partial charge in [-0.2, -0.15) is 0 Å². The molecule has 1 amide bonds. The Kier molecular flexibility index (Phi) is 4.94. The van der Waals surface area contributed by atoms with Crippen LogP contribution >= 0.6 is 11.8 Å². The molecule has 0 fully saturated rings. The standard InChI is InChI=1S/C12H14N6O3S/c1-2-10-15-16-12(17(10)13)22-7-11(19)14-8-5-3-4-6-9(8)18(20)21/h3-6H,2,7,13H2,1H3,(H,14,19). The molecule has 0 spiro atoms. The number of aromatic nitrogens is 3. The van der Waals surface area contributed by atoms with Crippen molar-refractivity contribution in [2.75, 3.05) is 16.9 Å². The second-order valence-corrected chi connectivity index (χ2v) is 5.18. The van der Waals surface area contributed by atoms with Crippen LogP contribution in [-0.2, 0) is 11.2 Å². The number of anilines is 1. The molecular formula is C12H14N6O3S.